The molecule has 4 aromatic carbocycles. The van der Waals surface area contributed by atoms with Gasteiger partial charge in [-0.05, 0) is 134 Å². The lowest BCUT2D eigenvalue weighted by atomic mass is 9.86. The van der Waals surface area contributed by atoms with Crippen LogP contribution in [0.5, 0.6) is 11.5 Å². The van der Waals surface area contributed by atoms with Crippen LogP contribution in [0.3, 0.4) is 0 Å². The van der Waals surface area contributed by atoms with Crippen molar-refractivity contribution in [2.75, 3.05) is 35.8 Å². The first-order chi connectivity index (χ1) is 30.8. The Kier molecular flexibility index (Phi) is 11.9. The van der Waals surface area contributed by atoms with E-state index in [2.05, 4.69) is 65.7 Å². The number of nitrogens with zero attached hydrogens (tertiary/aromatic N) is 4. The number of nitro groups is 1. The number of nitrogens with one attached hydrogen (secondary N) is 3. The normalized spacial score (nSPS) is 19.0. The SMILES string of the molecule is CS(C)(=O)=NC1CCC(CNc2ccc(S(=O)(=O)NC(=O)c3ccc(-c4ccc(N5CCC[C@@H]5c5ccccc5C5CC5)cc4)cc3Oc3cnc4[nH]ccc4c3)cc2[N+](=O)[O-])CC1. The van der Waals surface area contributed by atoms with Crippen molar-refractivity contribution in [3.05, 3.63) is 136 Å². The average Bonchev–Trinajstić information content (AvgIpc) is 3.81. The Bertz CT molecular complexity index is 2960. The minimum absolute atomic E-state index is 0.0329. The van der Waals surface area contributed by atoms with Crippen molar-refractivity contribution in [3.8, 4) is 22.6 Å². The fourth-order valence-corrected chi connectivity index (χ4v) is 11.1. The van der Waals surface area contributed by atoms with Crippen molar-refractivity contribution in [2.24, 2.45) is 10.3 Å². The fraction of sp³-hybridized carbons (Fsp3) is 0.333. The molecule has 0 bridgehead atoms. The van der Waals surface area contributed by atoms with E-state index >= 15 is 0 Å². The lowest BCUT2D eigenvalue weighted by molar-refractivity contribution is -0.384. The molecule has 3 heterocycles. The highest BCUT2D eigenvalue weighted by Gasteiger charge is 2.33. The van der Waals surface area contributed by atoms with Gasteiger partial charge in [0.2, 0.25) is 0 Å². The molecule has 2 aliphatic carbocycles. The molecular formula is C48H51N7O7S2. The number of sulfonamides is 1. The lowest BCUT2D eigenvalue weighted by Gasteiger charge is -2.29. The smallest absolute Gasteiger partial charge is 0.293 e. The summed E-state index contributed by atoms with van der Waals surface area (Å²) in [5.41, 5.74) is 5.94. The van der Waals surface area contributed by atoms with Crippen molar-refractivity contribution in [1.82, 2.24) is 14.7 Å². The molecule has 0 radical (unpaired) electrons. The molecular weight excluding hydrogens is 851 g/mol. The maximum absolute atomic E-state index is 14.0. The van der Waals surface area contributed by atoms with Crippen LogP contribution in [0.1, 0.15) is 84.8 Å². The van der Waals surface area contributed by atoms with Crippen LogP contribution in [0.15, 0.2) is 119 Å². The van der Waals surface area contributed by atoms with E-state index in [0.717, 1.165) is 73.3 Å². The zero-order valence-corrected chi connectivity index (χ0v) is 37.4. The Hall–Kier alpha value is -6.26. The topological polar surface area (TPSA) is 189 Å². The van der Waals surface area contributed by atoms with E-state index in [1.807, 2.05) is 18.2 Å². The van der Waals surface area contributed by atoms with E-state index in [4.69, 9.17) is 4.74 Å². The maximum atomic E-state index is 14.0. The van der Waals surface area contributed by atoms with Gasteiger partial charge in [0, 0.05) is 58.7 Å². The van der Waals surface area contributed by atoms with Crippen LogP contribution in [0.2, 0.25) is 0 Å². The number of carbonyl (C=O) groups is 1. The number of ether oxygens (including phenoxy) is 1. The quantitative estimate of drug-likeness (QED) is 0.0701. The Morgan fingerprint density at radius 2 is 1.64 bits per heavy atom. The number of rotatable bonds is 14. The molecule has 332 valence electrons. The molecule has 2 saturated carbocycles. The first kappa shape index (κ1) is 43.0. The summed E-state index contributed by atoms with van der Waals surface area (Å²) < 4.78 is 52.5. The average molecular weight is 902 g/mol. The van der Waals surface area contributed by atoms with Crippen molar-refractivity contribution >= 4 is 53.8 Å². The van der Waals surface area contributed by atoms with Crippen LogP contribution in [-0.2, 0) is 19.8 Å². The number of H-pyrrole nitrogens is 1. The number of amides is 1. The van der Waals surface area contributed by atoms with Gasteiger partial charge < -0.3 is 19.9 Å². The minimum Gasteiger partial charge on any atom is -0.455 e. The van der Waals surface area contributed by atoms with Crippen LogP contribution in [-0.4, -0.2) is 65.1 Å². The summed E-state index contributed by atoms with van der Waals surface area (Å²) in [7, 11) is -6.79. The predicted octanol–water partition coefficient (Wildman–Crippen LogP) is 9.97. The Morgan fingerprint density at radius 1 is 0.891 bits per heavy atom. The van der Waals surface area contributed by atoms with Crippen LogP contribution in [0.4, 0.5) is 17.1 Å². The van der Waals surface area contributed by atoms with E-state index in [0.29, 0.717) is 29.9 Å². The molecule has 1 amide bonds. The molecule has 1 saturated heterocycles. The van der Waals surface area contributed by atoms with Crippen LogP contribution in [0, 0.1) is 16.0 Å². The summed E-state index contributed by atoms with van der Waals surface area (Å²) >= 11 is 0. The molecule has 9 rings (SSSR count). The van der Waals surface area contributed by atoms with Gasteiger partial charge in [0.05, 0.1) is 33.7 Å². The fourth-order valence-electron chi connectivity index (χ4n) is 9.18. The zero-order valence-electron chi connectivity index (χ0n) is 35.7. The van der Waals surface area contributed by atoms with Crippen LogP contribution >= 0.6 is 0 Å². The molecule has 0 unspecified atom stereocenters. The van der Waals surface area contributed by atoms with Crippen molar-refractivity contribution < 1.29 is 27.1 Å². The van der Waals surface area contributed by atoms with Gasteiger partial charge in [-0.2, -0.15) is 0 Å². The molecule has 3 N–H and O–H groups in total. The number of nitro benzene ring substituents is 1. The standard InChI is InChI=1S/C48H51N7O7S2/c1-63(2,59)52-36-16-9-31(10-17-36)29-50-43-22-20-39(28-45(43)55(57)58)64(60,61)53-48(56)42-21-15-34(27-46(42)62-38-26-35-23-24-49-47(35)51-30-38)32-13-18-37(19-14-32)54-25-5-8-44(54)41-7-4-3-6-40(41)33-11-12-33/h3-4,6-7,13-15,18-24,26-28,30-31,33,36,44,50H,5,8-12,16-17,25,29H2,1-2H3,(H,49,51)(H,53,56)/t31?,36?,44-/m1/s1. The van der Waals surface area contributed by atoms with E-state index < -0.39 is 41.2 Å². The minimum atomic E-state index is -4.59. The second-order valence-electron chi connectivity index (χ2n) is 17.4. The number of aromatic nitrogens is 2. The summed E-state index contributed by atoms with van der Waals surface area (Å²) in [5.74, 6) is 0.316. The number of aromatic amines is 1. The number of pyridine rings is 1. The molecule has 2 aromatic heterocycles. The van der Waals surface area contributed by atoms with E-state index in [1.165, 1.54) is 48.4 Å². The van der Waals surface area contributed by atoms with Gasteiger partial charge in [0.25, 0.3) is 21.6 Å². The maximum Gasteiger partial charge on any atom is 0.293 e. The third kappa shape index (κ3) is 9.62. The van der Waals surface area contributed by atoms with Gasteiger partial charge >= 0.3 is 0 Å². The zero-order chi connectivity index (χ0) is 44.6. The number of hydrogen-bond donors (Lipinski definition) is 3. The third-order valence-electron chi connectivity index (χ3n) is 12.5. The summed E-state index contributed by atoms with van der Waals surface area (Å²) in [6.45, 7) is 1.40. The second kappa shape index (κ2) is 17.7. The number of carbonyl (C=O) groups excluding carboxylic acids is 1. The largest absolute Gasteiger partial charge is 0.455 e. The summed E-state index contributed by atoms with van der Waals surface area (Å²) in [4.78, 5) is 35.0. The highest BCUT2D eigenvalue weighted by molar-refractivity contribution is 7.92. The summed E-state index contributed by atoms with van der Waals surface area (Å²) in [5, 5.41) is 16.1. The monoisotopic (exact) mass is 901 g/mol. The lowest BCUT2D eigenvalue weighted by Crippen LogP contribution is -2.31. The number of fused-ring (bicyclic) bond motifs is 1. The first-order valence-electron chi connectivity index (χ1n) is 21.7. The van der Waals surface area contributed by atoms with Gasteiger partial charge in [-0.3, -0.25) is 19.1 Å². The molecule has 6 aromatic rings. The highest BCUT2D eigenvalue weighted by atomic mass is 32.2. The molecule has 64 heavy (non-hydrogen) atoms. The molecule has 3 fully saturated rings. The van der Waals surface area contributed by atoms with Crippen molar-refractivity contribution in [3.63, 3.8) is 0 Å². The van der Waals surface area contributed by atoms with Gasteiger partial charge in [-0.25, -0.2) is 22.5 Å². The van der Waals surface area contributed by atoms with E-state index in [-0.39, 0.29) is 29.0 Å². The number of hydrogen-bond acceptors (Lipinski definition) is 11. The van der Waals surface area contributed by atoms with E-state index in [9.17, 15) is 27.5 Å². The van der Waals surface area contributed by atoms with Crippen molar-refractivity contribution in [1.29, 1.82) is 0 Å². The molecule has 14 nitrogen and oxygen atoms in total. The molecule has 1 atom stereocenters. The Labute approximate surface area is 373 Å². The van der Waals surface area contributed by atoms with E-state index in [1.54, 1.807) is 36.9 Å². The summed E-state index contributed by atoms with van der Waals surface area (Å²) in [6.07, 6.45) is 14.4. The van der Waals surface area contributed by atoms with Gasteiger partial charge in [0.1, 0.15) is 22.8 Å². The third-order valence-corrected chi connectivity index (χ3v) is 14.6. The van der Waals surface area contributed by atoms with Gasteiger partial charge in [0.15, 0.2) is 0 Å². The number of benzene rings is 4. The highest BCUT2D eigenvalue weighted by Crippen LogP contribution is 2.47. The molecule has 3 aliphatic rings. The molecule has 0 spiro atoms. The Balaban J connectivity index is 0.943. The molecule has 1 aliphatic heterocycles. The van der Waals surface area contributed by atoms with Crippen LogP contribution in [0.25, 0.3) is 22.2 Å². The second-order valence-corrected chi connectivity index (χ2v) is 21.7. The molecule has 16 heteroatoms. The first-order valence-corrected chi connectivity index (χ1v) is 25.6. The van der Waals surface area contributed by atoms with Gasteiger partial charge in [-0.1, -0.05) is 42.5 Å². The predicted molar refractivity (Wildman–Crippen MR) is 250 cm³/mol. The van der Waals surface area contributed by atoms with Crippen molar-refractivity contribution in [2.45, 2.75) is 74.3 Å². The summed E-state index contributed by atoms with van der Waals surface area (Å²) in [6, 6.07) is 29.6. The number of anilines is 2. The van der Waals surface area contributed by atoms with Gasteiger partial charge in [-0.15, -0.1) is 0 Å². The van der Waals surface area contributed by atoms with Crippen LogP contribution < -0.4 is 19.7 Å². The Morgan fingerprint density at radius 3 is 2.38 bits per heavy atom.